The fraction of sp³-hybridized carbons (Fsp3) is 0.472. The van der Waals surface area contributed by atoms with E-state index < -0.39 is 0 Å². The number of hydrogen-bond acceptors (Lipinski definition) is 10. The molecule has 0 atom stereocenters. The maximum Gasteiger partial charge on any atom is 0.131 e. The first-order valence-electron chi connectivity index (χ1n) is 31.2. The van der Waals surface area contributed by atoms with Gasteiger partial charge in [0.15, 0.2) is 0 Å². The molecule has 2 aliphatic rings. The van der Waals surface area contributed by atoms with Gasteiger partial charge in [0.1, 0.15) is 35.4 Å². The van der Waals surface area contributed by atoms with Crippen molar-refractivity contribution in [2.75, 3.05) is 0 Å². The van der Waals surface area contributed by atoms with Crippen molar-refractivity contribution in [1.82, 2.24) is 0 Å². The maximum absolute atomic E-state index is 9.47. The van der Waals surface area contributed by atoms with Crippen molar-refractivity contribution in [3.8, 4) is 84.2 Å². The van der Waals surface area contributed by atoms with Crippen molar-refractivity contribution in [3.63, 3.8) is 0 Å². The molecule has 0 saturated carbocycles. The molecule has 426 valence electrons. The van der Waals surface area contributed by atoms with E-state index in [1.54, 1.807) is 57.1 Å². The summed E-state index contributed by atoms with van der Waals surface area (Å²) in [7, 11) is 0. The van der Waals surface area contributed by atoms with Gasteiger partial charge in [-0.05, 0) is 144 Å². The van der Waals surface area contributed by atoms with E-state index in [9.17, 15) is 21.0 Å². The van der Waals surface area contributed by atoms with Crippen LogP contribution in [-0.2, 0) is 10.8 Å². The standard InChI is InChI=1S/C72H82N4S6/c1-5-9-13-17-21-25-37-71(38-26-22-18-14-10-6-2)57-43-56-58(44-55(57)69-59(71)45-67(81-69)65-35-33-63(79-65)61-31-29-53(77-61)41-51(47-73)48-74)72(39-27-23-19-15-11-7-3,40-28-24-20-16-12-8-4)60-46-68(82-70(56)60)66-36-34-64(80-66)62-32-30-54(78-62)42-52(49-75)50-76/h29-36,41-46H,5-28,37-40H2,1-4H3. The van der Waals surface area contributed by atoms with Gasteiger partial charge >= 0.3 is 0 Å². The van der Waals surface area contributed by atoms with Crippen LogP contribution in [0.15, 0.2) is 83.9 Å². The molecule has 0 spiro atoms. The maximum atomic E-state index is 9.47. The van der Waals surface area contributed by atoms with Crippen molar-refractivity contribution in [1.29, 1.82) is 21.0 Å². The molecule has 0 unspecified atom stereocenters. The zero-order valence-corrected chi connectivity index (χ0v) is 54.0. The highest BCUT2D eigenvalue weighted by atomic mass is 32.1. The second-order valence-electron chi connectivity index (χ2n) is 23.2. The van der Waals surface area contributed by atoms with Crippen LogP contribution in [0.25, 0.3) is 72.1 Å². The zero-order valence-electron chi connectivity index (χ0n) is 49.1. The van der Waals surface area contributed by atoms with Gasteiger partial charge in [-0.2, -0.15) is 21.0 Å². The minimum atomic E-state index is -0.0546. The smallest absolute Gasteiger partial charge is 0.131 e. The Balaban J connectivity index is 1.18. The summed E-state index contributed by atoms with van der Waals surface area (Å²) < 4.78 is 0. The highest BCUT2D eigenvalue weighted by molar-refractivity contribution is 7.28. The number of benzene rings is 1. The summed E-state index contributed by atoms with van der Waals surface area (Å²) in [5.74, 6) is 0. The molecule has 2 aliphatic carbocycles. The molecule has 7 aromatic rings. The van der Waals surface area contributed by atoms with Crippen molar-refractivity contribution >= 4 is 80.2 Å². The lowest BCUT2D eigenvalue weighted by Crippen LogP contribution is -2.27. The average molecular weight is 1200 g/mol. The van der Waals surface area contributed by atoms with Gasteiger partial charge in [0.25, 0.3) is 0 Å². The van der Waals surface area contributed by atoms with E-state index in [2.05, 4.69) is 111 Å². The topological polar surface area (TPSA) is 95.2 Å². The Morgan fingerprint density at radius 3 is 0.927 bits per heavy atom. The molecule has 6 aromatic heterocycles. The lowest BCUT2D eigenvalue weighted by molar-refractivity contribution is 0.395. The molecule has 0 N–H and O–H groups in total. The second-order valence-corrected chi connectivity index (χ2v) is 29.7. The molecule has 0 fully saturated rings. The molecule has 4 nitrogen and oxygen atoms in total. The van der Waals surface area contributed by atoms with E-state index in [0.29, 0.717) is 0 Å². The number of thiophene rings is 6. The summed E-state index contributed by atoms with van der Waals surface area (Å²) in [4.78, 5) is 15.1. The van der Waals surface area contributed by atoms with Gasteiger partial charge < -0.3 is 0 Å². The molecule has 1 aromatic carbocycles. The summed E-state index contributed by atoms with van der Waals surface area (Å²) in [6.45, 7) is 9.31. The van der Waals surface area contributed by atoms with Crippen LogP contribution in [0.5, 0.6) is 0 Å². The Labute approximate surface area is 515 Å². The van der Waals surface area contributed by atoms with Crippen LogP contribution < -0.4 is 0 Å². The van der Waals surface area contributed by atoms with E-state index in [0.717, 1.165) is 9.75 Å². The highest BCUT2D eigenvalue weighted by Crippen LogP contribution is 2.65. The summed E-state index contributed by atoms with van der Waals surface area (Å²) >= 11 is 11.2. The summed E-state index contributed by atoms with van der Waals surface area (Å²) in [6, 6.07) is 36.6. The van der Waals surface area contributed by atoms with E-state index in [1.165, 1.54) is 240 Å². The largest absolute Gasteiger partial charge is 0.192 e. The van der Waals surface area contributed by atoms with Gasteiger partial charge in [0, 0.05) is 69.4 Å². The van der Waals surface area contributed by atoms with Gasteiger partial charge in [-0.15, -0.1) is 68.0 Å². The van der Waals surface area contributed by atoms with Crippen molar-refractivity contribution in [3.05, 3.63) is 116 Å². The van der Waals surface area contributed by atoms with Crippen molar-refractivity contribution in [2.45, 2.75) is 218 Å². The lowest BCUT2D eigenvalue weighted by atomic mass is 9.68. The summed E-state index contributed by atoms with van der Waals surface area (Å²) in [6.07, 6.45) is 39.2. The van der Waals surface area contributed by atoms with E-state index in [4.69, 9.17) is 0 Å². The fourth-order valence-electron chi connectivity index (χ4n) is 13.1. The van der Waals surface area contributed by atoms with Gasteiger partial charge in [-0.1, -0.05) is 182 Å². The lowest BCUT2D eigenvalue weighted by Gasteiger charge is -2.34. The Bertz CT molecular complexity index is 3180. The van der Waals surface area contributed by atoms with Crippen LogP contribution in [0.4, 0.5) is 0 Å². The fourth-order valence-corrected chi connectivity index (χ4v) is 20.0. The van der Waals surface area contributed by atoms with Crippen LogP contribution in [0, 0.1) is 45.3 Å². The third kappa shape index (κ3) is 14.0. The number of nitriles is 4. The van der Waals surface area contributed by atoms with Crippen LogP contribution >= 0.6 is 68.0 Å². The first-order chi connectivity index (χ1) is 40.3. The van der Waals surface area contributed by atoms with Gasteiger partial charge in [-0.25, -0.2) is 0 Å². The van der Waals surface area contributed by atoms with Crippen LogP contribution in [0.2, 0.25) is 0 Å². The molecule has 82 heavy (non-hydrogen) atoms. The molecule has 0 aliphatic heterocycles. The molecule has 10 heteroatoms. The Kier molecular flexibility index (Phi) is 22.5. The predicted molar refractivity (Wildman–Crippen MR) is 358 cm³/mol. The monoisotopic (exact) mass is 1190 g/mol. The Hall–Kier alpha value is -5.14. The Morgan fingerprint density at radius 1 is 0.329 bits per heavy atom. The normalized spacial score (nSPS) is 13.2. The third-order valence-corrected chi connectivity index (χ3v) is 24.8. The van der Waals surface area contributed by atoms with E-state index in [-0.39, 0.29) is 22.0 Å². The molecular formula is C72H82N4S6. The number of unbranched alkanes of at least 4 members (excludes halogenated alkanes) is 20. The molecular weight excluding hydrogens is 1110 g/mol. The summed E-state index contributed by atoms with van der Waals surface area (Å²) in [5, 5.41) is 37.9. The Morgan fingerprint density at radius 2 is 0.610 bits per heavy atom. The second kappa shape index (κ2) is 30.1. The summed E-state index contributed by atoms with van der Waals surface area (Å²) in [5.41, 5.74) is 9.59. The van der Waals surface area contributed by atoms with Crippen LogP contribution in [0.3, 0.4) is 0 Å². The van der Waals surface area contributed by atoms with Gasteiger partial charge in [0.2, 0.25) is 0 Å². The average Bonchev–Trinajstić information content (AvgIpc) is 1.65. The van der Waals surface area contributed by atoms with Crippen molar-refractivity contribution < 1.29 is 0 Å². The van der Waals surface area contributed by atoms with Crippen molar-refractivity contribution in [2.24, 2.45) is 0 Å². The zero-order chi connectivity index (χ0) is 57.3. The predicted octanol–water partition coefficient (Wildman–Crippen LogP) is 25.1. The minimum absolute atomic E-state index is 0.0546. The van der Waals surface area contributed by atoms with E-state index in [1.807, 2.05) is 59.1 Å². The number of allylic oxidation sites excluding steroid dienone is 2. The number of fused-ring (bicyclic) bond motifs is 6. The first-order valence-corrected chi connectivity index (χ1v) is 36.1. The SMILES string of the molecule is CCCCCCCCC1(CCCCCCCC)c2cc3c(cc2-c2sc(-c4ccc(-c5ccc(C=C(C#N)C#N)s5)s4)cc21)C(CCCCCCCC)(CCCCCCCC)c1cc(-c2ccc(-c4ccc(C=C(C#N)C#N)s4)s2)sc1-3. The molecule has 0 saturated heterocycles. The molecule has 0 bridgehead atoms. The van der Waals surface area contributed by atoms with Crippen LogP contribution in [-0.4, -0.2) is 0 Å². The quantitative estimate of drug-likeness (QED) is 0.0297. The number of nitrogens with zero attached hydrogens (tertiary/aromatic N) is 4. The first kappa shape index (κ1) is 61.4. The van der Waals surface area contributed by atoms with E-state index >= 15 is 0 Å². The molecule has 6 heterocycles. The van der Waals surface area contributed by atoms with Gasteiger partial charge in [0.05, 0.1) is 0 Å². The number of rotatable bonds is 34. The minimum Gasteiger partial charge on any atom is -0.192 e. The highest BCUT2D eigenvalue weighted by Gasteiger charge is 2.49. The van der Waals surface area contributed by atoms with Crippen LogP contribution in [0.1, 0.15) is 239 Å². The third-order valence-electron chi connectivity index (χ3n) is 17.5. The molecule has 0 amide bonds. The molecule has 9 rings (SSSR count). The molecule has 0 radical (unpaired) electrons. The van der Waals surface area contributed by atoms with Gasteiger partial charge in [-0.3, -0.25) is 0 Å². The number of hydrogen-bond donors (Lipinski definition) is 0.